The van der Waals surface area contributed by atoms with Gasteiger partial charge in [-0.1, -0.05) is 0 Å². The van der Waals surface area contributed by atoms with E-state index in [0.29, 0.717) is 6.54 Å². The highest BCUT2D eigenvalue weighted by molar-refractivity contribution is 7.11. The number of nitrogens with zero attached hydrogens (tertiary/aromatic N) is 2. The molecule has 0 bridgehead atoms. The molecule has 0 unspecified atom stereocenters. The third-order valence-electron chi connectivity index (χ3n) is 4.40. The number of esters is 1. The molecular weight excluding hydrogens is 300 g/mol. The van der Waals surface area contributed by atoms with Gasteiger partial charge in [0.15, 0.2) is 0 Å². The Morgan fingerprint density at radius 3 is 2.68 bits per heavy atom. The second-order valence-electron chi connectivity index (χ2n) is 6.25. The molecule has 0 N–H and O–H groups in total. The fourth-order valence-corrected chi connectivity index (χ4v) is 3.66. The van der Waals surface area contributed by atoms with Gasteiger partial charge in [-0.15, -0.1) is 11.3 Å². The number of likely N-dealkylation sites (tertiary alicyclic amines) is 1. The van der Waals surface area contributed by atoms with Crippen molar-refractivity contribution in [2.24, 2.45) is 11.8 Å². The Kier molecular flexibility index (Phi) is 4.47. The predicted molar refractivity (Wildman–Crippen MR) is 83.4 cm³/mol. The molecule has 0 aromatic carbocycles. The van der Waals surface area contributed by atoms with Crippen LogP contribution in [0.1, 0.15) is 41.3 Å². The lowest BCUT2D eigenvalue weighted by molar-refractivity contribution is -0.153. The smallest absolute Gasteiger partial charge is 0.311 e. The van der Waals surface area contributed by atoms with E-state index in [2.05, 4.69) is 4.98 Å². The summed E-state index contributed by atoms with van der Waals surface area (Å²) in [6.45, 7) is 5.51. The lowest BCUT2D eigenvalue weighted by Crippen LogP contribution is -2.43. The highest BCUT2D eigenvalue weighted by Crippen LogP contribution is 2.32. The molecule has 1 saturated heterocycles. The fraction of sp³-hybridized carbons (Fsp3) is 0.688. The number of aromatic nitrogens is 1. The number of carbonyl (C=O) groups excluding carboxylic acids is 2. The van der Waals surface area contributed by atoms with Gasteiger partial charge in [-0.25, -0.2) is 4.98 Å². The molecule has 22 heavy (non-hydrogen) atoms. The minimum Gasteiger partial charge on any atom is -0.458 e. The van der Waals surface area contributed by atoms with Crippen LogP contribution in [0.5, 0.6) is 0 Å². The Hall–Kier alpha value is -1.43. The standard InChI is InChI=1S/C16H22N2O3S/c1-10-11(2)22-14(17-10)9-21-16(20)13-4-3-7-18(8-13)15(19)12-5-6-12/h12-13H,3-9H2,1-2H3/t13-/m0/s1. The fourth-order valence-electron chi connectivity index (χ4n) is 2.81. The molecule has 1 saturated carbocycles. The quantitative estimate of drug-likeness (QED) is 0.799. The van der Waals surface area contributed by atoms with Crippen LogP contribution in [-0.2, 0) is 20.9 Å². The van der Waals surface area contributed by atoms with E-state index in [0.717, 1.165) is 47.8 Å². The molecule has 2 fully saturated rings. The normalized spacial score (nSPS) is 21.7. The van der Waals surface area contributed by atoms with Crippen LogP contribution in [0.4, 0.5) is 0 Å². The van der Waals surface area contributed by atoms with Gasteiger partial charge in [-0.3, -0.25) is 9.59 Å². The molecule has 120 valence electrons. The summed E-state index contributed by atoms with van der Waals surface area (Å²) in [5.41, 5.74) is 0.995. The maximum atomic E-state index is 12.2. The van der Waals surface area contributed by atoms with Crippen molar-refractivity contribution >= 4 is 23.2 Å². The van der Waals surface area contributed by atoms with E-state index in [-0.39, 0.29) is 30.3 Å². The predicted octanol–water partition coefficient (Wildman–Crippen LogP) is 2.45. The average molecular weight is 322 g/mol. The number of hydrogen-bond acceptors (Lipinski definition) is 5. The third-order valence-corrected chi connectivity index (χ3v) is 5.45. The van der Waals surface area contributed by atoms with Gasteiger partial charge in [0.2, 0.25) is 5.91 Å². The molecule has 3 rings (SSSR count). The summed E-state index contributed by atoms with van der Waals surface area (Å²) in [7, 11) is 0. The van der Waals surface area contributed by atoms with Crippen LogP contribution >= 0.6 is 11.3 Å². The number of ether oxygens (including phenoxy) is 1. The topological polar surface area (TPSA) is 59.5 Å². The number of aryl methyl sites for hydroxylation is 2. The Balaban J connectivity index is 1.51. The molecule has 2 aliphatic rings. The summed E-state index contributed by atoms with van der Waals surface area (Å²) in [5, 5.41) is 0.838. The van der Waals surface area contributed by atoms with Crippen LogP contribution in [0.3, 0.4) is 0 Å². The Bertz CT molecular complexity index is 560. The Morgan fingerprint density at radius 1 is 1.27 bits per heavy atom. The van der Waals surface area contributed by atoms with Crippen molar-refractivity contribution in [1.29, 1.82) is 0 Å². The molecule has 0 spiro atoms. The van der Waals surface area contributed by atoms with Gasteiger partial charge in [0.05, 0.1) is 11.6 Å². The van der Waals surface area contributed by atoms with Gasteiger partial charge in [0.25, 0.3) is 0 Å². The van der Waals surface area contributed by atoms with Crippen molar-refractivity contribution in [1.82, 2.24) is 9.88 Å². The van der Waals surface area contributed by atoms with Crippen LogP contribution in [0.25, 0.3) is 0 Å². The summed E-state index contributed by atoms with van der Waals surface area (Å²) >= 11 is 1.57. The molecule has 1 amide bonds. The van der Waals surface area contributed by atoms with Crippen LogP contribution in [0, 0.1) is 25.7 Å². The van der Waals surface area contributed by atoms with E-state index in [1.54, 1.807) is 11.3 Å². The molecule has 5 nitrogen and oxygen atoms in total. The Morgan fingerprint density at radius 2 is 2.05 bits per heavy atom. The summed E-state index contributed by atoms with van der Waals surface area (Å²) in [6, 6.07) is 0. The summed E-state index contributed by atoms with van der Waals surface area (Å²) in [6.07, 6.45) is 3.71. The zero-order valence-corrected chi connectivity index (χ0v) is 13.9. The highest BCUT2D eigenvalue weighted by atomic mass is 32.1. The van der Waals surface area contributed by atoms with E-state index in [4.69, 9.17) is 4.74 Å². The number of thiazole rings is 1. The van der Waals surface area contributed by atoms with Gasteiger partial charge >= 0.3 is 5.97 Å². The van der Waals surface area contributed by atoms with Crippen molar-refractivity contribution in [3.63, 3.8) is 0 Å². The van der Waals surface area contributed by atoms with E-state index in [9.17, 15) is 9.59 Å². The van der Waals surface area contributed by atoms with E-state index in [1.807, 2.05) is 18.7 Å². The first-order chi connectivity index (χ1) is 10.5. The van der Waals surface area contributed by atoms with Crippen LogP contribution in [-0.4, -0.2) is 34.8 Å². The number of hydrogen-bond donors (Lipinski definition) is 0. The number of carbonyl (C=O) groups is 2. The molecule has 1 atom stereocenters. The number of amides is 1. The monoisotopic (exact) mass is 322 g/mol. The summed E-state index contributed by atoms with van der Waals surface area (Å²) in [4.78, 5) is 31.7. The van der Waals surface area contributed by atoms with E-state index >= 15 is 0 Å². The number of rotatable bonds is 4. The largest absolute Gasteiger partial charge is 0.458 e. The first-order valence-electron chi connectivity index (χ1n) is 7.93. The zero-order valence-electron chi connectivity index (χ0n) is 13.1. The molecule has 2 heterocycles. The van der Waals surface area contributed by atoms with E-state index in [1.165, 1.54) is 0 Å². The van der Waals surface area contributed by atoms with Crippen molar-refractivity contribution < 1.29 is 14.3 Å². The van der Waals surface area contributed by atoms with Crippen LogP contribution in [0.2, 0.25) is 0 Å². The van der Waals surface area contributed by atoms with Crippen molar-refractivity contribution in [2.75, 3.05) is 13.1 Å². The molecular formula is C16H22N2O3S. The molecule has 0 radical (unpaired) electrons. The summed E-state index contributed by atoms with van der Waals surface area (Å²) < 4.78 is 5.41. The first-order valence-corrected chi connectivity index (χ1v) is 8.74. The molecule has 1 aromatic heterocycles. The molecule has 1 aliphatic carbocycles. The van der Waals surface area contributed by atoms with Gasteiger partial charge in [-0.05, 0) is 39.5 Å². The van der Waals surface area contributed by atoms with Crippen molar-refractivity contribution in [3.05, 3.63) is 15.6 Å². The van der Waals surface area contributed by atoms with Crippen LogP contribution < -0.4 is 0 Å². The maximum Gasteiger partial charge on any atom is 0.311 e. The molecule has 1 aliphatic heterocycles. The van der Waals surface area contributed by atoms with Crippen LogP contribution in [0.15, 0.2) is 0 Å². The Labute approximate surface area is 134 Å². The van der Waals surface area contributed by atoms with E-state index < -0.39 is 0 Å². The van der Waals surface area contributed by atoms with Gasteiger partial charge in [0, 0.05) is 23.9 Å². The summed E-state index contributed by atoms with van der Waals surface area (Å²) in [5.74, 6) is 0.0668. The van der Waals surface area contributed by atoms with Crippen molar-refractivity contribution in [3.8, 4) is 0 Å². The second-order valence-corrected chi connectivity index (χ2v) is 7.54. The second kappa shape index (κ2) is 6.36. The molecule has 1 aromatic rings. The van der Waals surface area contributed by atoms with Crippen molar-refractivity contribution in [2.45, 2.75) is 46.1 Å². The van der Waals surface area contributed by atoms with Gasteiger partial charge in [-0.2, -0.15) is 0 Å². The van der Waals surface area contributed by atoms with Gasteiger partial charge < -0.3 is 9.64 Å². The lowest BCUT2D eigenvalue weighted by Gasteiger charge is -2.31. The number of piperidine rings is 1. The highest BCUT2D eigenvalue weighted by Gasteiger charge is 2.37. The SMILES string of the molecule is Cc1nc(COC(=O)[C@H]2CCCN(C(=O)C3CC3)C2)sc1C. The third kappa shape index (κ3) is 3.48. The zero-order chi connectivity index (χ0) is 15.7. The van der Waals surface area contributed by atoms with Gasteiger partial charge in [0.1, 0.15) is 11.6 Å². The maximum absolute atomic E-state index is 12.2. The average Bonchev–Trinajstić information content (AvgIpc) is 3.31. The lowest BCUT2D eigenvalue weighted by atomic mass is 9.98. The minimum atomic E-state index is -0.196. The minimum absolute atomic E-state index is 0.182. The first kappa shape index (κ1) is 15.5. The molecule has 6 heteroatoms.